The van der Waals surface area contributed by atoms with Crippen LogP contribution in [0.3, 0.4) is 0 Å². The van der Waals surface area contributed by atoms with Crippen LogP contribution in [0.1, 0.15) is 71.6 Å². The summed E-state index contributed by atoms with van der Waals surface area (Å²) < 4.78 is 6.07. The highest BCUT2D eigenvalue weighted by atomic mass is 16.5. The Balaban J connectivity index is 3.51. The predicted octanol–water partition coefficient (Wildman–Crippen LogP) is 5.15. The summed E-state index contributed by atoms with van der Waals surface area (Å²) in [6.45, 7) is 9.57. The van der Waals surface area contributed by atoms with E-state index in [0.717, 1.165) is 30.4 Å². The van der Waals surface area contributed by atoms with Crippen molar-refractivity contribution in [3.8, 4) is 0 Å². The zero-order chi connectivity index (χ0) is 19.1. The smallest absolute Gasteiger partial charge is 0.333 e. The highest BCUT2D eigenvalue weighted by Crippen LogP contribution is 2.12. The van der Waals surface area contributed by atoms with Crippen LogP contribution >= 0.6 is 0 Å². The minimum absolute atomic E-state index is 0.291. The number of quaternary nitrogens is 1. The number of nitrogens with zero attached hydrogens (tertiary/aromatic N) is 1. The largest absolute Gasteiger partial charge is 0.513 e. The van der Waals surface area contributed by atoms with Crippen LogP contribution in [0, 0.1) is 0 Å². The number of aliphatic hydroxyl groups is 1. The maximum Gasteiger partial charge on any atom is 0.333 e. The zero-order valence-corrected chi connectivity index (χ0v) is 17.0. The quantitative estimate of drug-likeness (QED) is 0.145. The van der Waals surface area contributed by atoms with Crippen molar-refractivity contribution in [2.24, 2.45) is 0 Å². The summed E-state index contributed by atoms with van der Waals surface area (Å²) in [5.41, 5.74) is 0.462. The summed E-state index contributed by atoms with van der Waals surface area (Å²) in [5.74, 6) is 0.232. The number of hydrogen-bond acceptors (Lipinski definition) is 3. The van der Waals surface area contributed by atoms with Gasteiger partial charge in [-0.25, -0.2) is 4.79 Å². The number of aliphatic hydroxyl groups excluding tert-OH is 1. The van der Waals surface area contributed by atoms with Gasteiger partial charge in [0.2, 0.25) is 0 Å². The number of carbonyl (C=O) groups excluding carboxylic acids is 1. The van der Waals surface area contributed by atoms with Gasteiger partial charge in [-0.3, -0.25) is 0 Å². The van der Waals surface area contributed by atoms with Crippen molar-refractivity contribution >= 4 is 5.97 Å². The number of ether oxygens (including phenoxy) is 1. The molecule has 0 aliphatic heterocycles. The molecule has 0 amide bonds. The molecule has 0 radical (unpaired) electrons. The highest BCUT2D eigenvalue weighted by molar-refractivity contribution is 5.86. The highest BCUT2D eigenvalue weighted by Gasteiger charge is 2.15. The summed E-state index contributed by atoms with van der Waals surface area (Å²) in [4.78, 5) is 11.4. The Hall–Kier alpha value is -1.29. The van der Waals surface area contributed by atoms with Crippen molar-refractivity contribution in [3.05, 3.63) is 24.0 Å². The minimum atomic E-state index is -0.291. The molecule has 146 valence electrons. The molecule has 0 aromatic heterocycles. The lowest BCUT2D eigenvalue weighted by Gasteiger charge is -2.29. The standard InChI is InChI=1S/C21H39NO3/c1-6-20(23)15-13-11-9-7-8-10-12-14-16-22(4,5)17-18-25-21(24)19(2)3/h6H,2,7-18H2,1,3-5H3/p+1/b20-6+. The molecule has 4 heteroatoms. The molecule has 4 nitrogen and oxygen atoms in total. The lowest BCUT2D eigenvalue weighted by atomic mass is 10.1. The molecule has 0 aromatic rings. The minimum Gasteiger partial charge on any atom is -0.513 e. The lowest BCUT2D eigenvalue weighted by Crippen LogP contribution is -2.43. The summed E-state index contributed by atoms with van der Waals surface area (Å²) in [7, 11) is 4.38. The lowest BCUT2D eigenvalue weighted by molar-refractivity contribution is -0.890. The second-order valence-corrected chi connectivity index (χ2v) is 7.66. The van der Waals surface area contributed by atoms with Gasteiger partial charge in [0, 0.05) is 12.0 Å². The van der Waals surface area contributed by atoms with Crippen LogP contribution in [0.2, 0.25) is 0 Å². The van der Waals surface area contributed by atoms with Crippen LogP contribution < -0.4 is 0 Å². The molecule has 0 bridgehead atoms. The molecule has 0 unspecified atom stereocenters. The molecular weight excluding hydrogens is 314 g/mol. The van der Waals surface area contributed by atoms with Crippen LogP contribution in [0.25, 0.3) is 0 Å². The van der Waals surface area contributed by atoms with Crippen LogP contribution in [0.5, 0.6) is 0 Å². The number of rotatable bonds is 15. The Bertz CT molecular complexity index is 413. The topological polar surface area (TPSA) is 46.5 Å². The summed E-state index contributed by atoms with van der Waals surface area (Å²) in [5, 5.41) is 9.36. The molecule has 0 spiro atoms. The fraction of sp³-hybridized carbons (Fsp3) is 0.762. The Labute approximate surface area is 155 Å². The van der Waals surface area contributed by atoms with Gasteiger partial charge in [0.25, 0.3) is 0 Å². The zero-order valence-electron chi connectivity index (χ0n) is 17.0. The second-order valence-electron chi connectivity index (χ2n) is 7.66. The Morgan fingerprint density at radius 1 is 1.00 bits per heavy atom. The first-order valence-electron chi connectivity index (χ1n) is 9.77. The molecule has 0 heterocycles. The normalized spacial score (nSPS) is 12.2. The average Bonchev–Trinajstić information content (AvgIpc) is 2.55. The van der Waals surface area contributed by atoms with E-state index < -0.39 is 0 Å². The van der Waals surface area contributed by atoms with Gasteiger partial charge in [-0.05, 0) is 39.2 Å². The van der Waals surface area contributed by atoms with Gasteiger partial charge in [0.1, 0.15) is 13.2 Å². The third kappa shape index (κ3) is 14.7. The molecule has 0 saturated heterocycles. The van der Waals surface area contributed by atoms with Gasteiger partial charge in [-0.15, -0.1) is 0 Å². The Morgan fingerprint density at radius 2 is 1.52 bits per heavy atom. The molecule has 25 heavy (non-hydrogen) atoms. The average molecular weight is 355 g/mol. The van der Waals surface area contributed by atoms with Crippen molar-refractivity contribution in [2.75, 3.05) is 33.8 Å². The van der Waals surface area contributed by atoms with Gasteiger partial charge in [-0.2, -0.15) is 0 Å². The van der Waals surface area contributed by atoms with E-state index in [1.54, 1.807) is 13.0 Å². The maximum absolute atomic E-state index is 11.4. The van der Waals surface area contributed by atoms with Gasteiger partial charge in [0.05, 0.1) is 26.4 Å². The molecule has 0 atom stereocenters. The third-order valence-corrected chi connectivity index (χ3v) is 4.56. The SMILES string of the molecule is C=C(C)C(=O)OCC[N+](C)(C)CCCCCCCCCC/C(O)=C\C. The first-order valence-corrected chi connectivity index (χ1v) is 9.77. The van der Waals surface area contributed by atoms with E-state index in [1.807, 2.05) is 6.92 Å². The predicted molar refractivity (Wildman–Crippen MR) is 106 cm³/mol. The monoisotopic (exact) mass is 354 g/mol. The number of allylic oxidation sites excluding steroid dienone is 2. The fourth-order valence-corrected chi connectivity index (χ4v) is 2.67. The van der Waals surface area contributed by atoms with Crippen LogP contribution in [0.15, 0.2) is 24.0 Å². The molecular formula is C21H40NO3+. The van der Waals surface area contributed by atoms with E-state index in [1.165, 1.54) is 44.9 Å². The number of hydrogen-bond donors (Lipinski definition) is 1. The summed E-state index contributed by atoms with van der Waals surface area (Å²) >= 11 is 0. The van der Waals surface area contributed by atoms with Crippen LogP contribution in [0.4, 0.5) is 0 Å². The van der Waals surface area contributed by atoms with Crippen molar-refractivity contribution in [2.45, 2.75) is 71.6 Å². The first-order chi connectivity index (χ1) is 11.8. The number of carbonyl (C=O) groups is 1. The molecule has 1 N–H and O–H groups in total. The molecule has 0 saturated carbocycles. The van der Waals surface area contributed by atoms with E-state index in [4.69, 9.17) is 4.74 Å². The molecule has 0 aliphatic carbocycles. The van der Waals surface area contributed by atoms with E-state index in [2.05, 4.69) is 20.7 Å². The van der Waals surface area contributed by atoms with E-state index >= 15 is 0 Å². The van der Waals surface area contributed by atoms with Crippen molar-refractivity contribution in [1.82, 2.24) is 0 Å². The van der Waals surface area contributed by atoms with Gasteiger partial charge in [0.15, 0.2) is 0 Å². The van der Waals surface area contributed by atoms with Crippen LogP contribution in [-0.4, -0.2) is 49.4 Å². The maximum atomic E-state index is 11.4. The van der Waals surface area contributed by atoms with Gasteiger partial charge < -0.3 is 14.3 Å². The van der Waals surface area contributed by atoms with Crippen molar-refractivity contribution < 1.29 is 19.1 Å². The van der Waals surface area contributed by atoms with E-state index in [0.29, 0.717) is 17.9 Å². The second kappa shape index (κ2) is 13.9. The molecule has 0 aliphatic rings. The number of esters is 1. The van der Waals surface area contributed by atoms with E-state index in [9.17, 15) is 9.90 Å². The fourth-order valence-electron chi connectivity index (χ4n) is 2.67. The van der Waals surface area contributed by atoms with E-state index in [-0.39, 0.29) is 5.97 Å². The molecule has 0 rings (SSSR count). The summed E-state index contributed by atoms with van der Waals surface area (Å²) in [6.07, 6.45) is 12.6. The third-order valence-electron chi connectivity index (χ3n) is 4.56. The summed E-state index contributed by atoms with van der Waals surface area (Å²) in [6, 6.07) is 0. The number of unbranched alkanes of at least 4 members (excludes halogenated alkanes) is 7. The first kappa shape index (κ1) is 23.7. The van der Waals surface area contributed by atoms with Gasteiger partial charge >= 0.3 is 5.97 Å². The molecule has 0 aromatic carbocycles. The molecule has 0 fully saturated rings. The Morgan fingerprint density at radius 3 is 2.04 bits per heavy atom. The van der Waals surface area contributed by atoms with Crippen molar-refractivity contribution in [1.29, 1.82) is 0 Å². The van der Waals surface area contributed by atoms with Crippen LogP contribution in [-0.2, 0) is 9.53 Å². The van der Waals surface area contributed by atoms with Crippen molar-refractivity contribution in [3.63, 3.8) is 0 Å². The number of likely N-dealkylation sites (N-methyl/N-ethyl adjacent to an activating group) is 1. The van der Waals surface area contributed by atoms with Gasteiger partial charge in [-0.1, -0.05) is 38.7 Å². The Kier molecular flexibility index (Phi) is 13.2.